The Balaban J connectivity index is 1.29. The number of rotatable bonds is 5. The average Bonchev–Trinajstić information content (AvgIpc) is 3.11. The van der Waals surface area contributed by atoms with E-state index in [2.05, 4.69) is 20.0 Å². The third-order valence-electron chi connectivity index (χ3n) is 6.51. The summed E-state index contributed by atoms with van der Waals surface area (Å²) in [5.41, 5.74) is 8.05. The maximum absolute atomic E-state index is 15.1. The molecule has 4 aromatic rings. The van der Waals surface area contributed by atoms with Crippen molar-refractivity contribution in [2.45, 2.75) is 18.9 Å². The van der Waals surface area contributed by atoms with Crippen LogP contribution in [0.3, 0.4) is 0 Å². The fourth-order valence-electron chi connectivity index (χ4n) is 4.68. The van der Waals surface area contributed by atoms with Crippen LogP contribution in [0.15, 0.2) is 84.4 Å². The first-order valence-electron chi connectivity index (χ1n) is 12.1. The second-order valence-corrected chi connectivity index (χ2v) is 8.82. The number of allylic oxidation sites excluding steroid dienone is 2. The third kappa shape index (κ3) is 4.54. The van der Waals surface area contributed by atoms with Crippen LogP contribution < -0.4 is 10.5 Å². The highest BCUT2D eigenvalue weighted by atomic mass is 19.1. The molecule has 2 aliphatic heterocycles. The van der Waals surface area contributed by atoms with Crippen LogP contribution >= 0.6 is 0 Å². The predicted octanol–water partition coefficient (Wildman–Crippen LogP) is 4.93. The molecule has 0 atom stereocenters. The molecule has 2 aliphatic rings. The van der Waals surface area contributed by atoms with Gasteiger partial charge in [0.1, 0.15) is 29.9 Å². The van der Waals surface area contributed by atoms with Crippen molar-refractivity contribution in [3.63, 3.8) is 0 Å². The number of fused-ring (bicyclic) bond motifs is 1. The predicted molar refractivity (Wildman–Crippen MR) is 140 cm³/mol. The van der Waals surface area contributed by atoms with E-state index in [9.17, 15) is 0 Å². The van der Waals surface area contributed by atoms with Gasteiger partial charge in [0.15, 0.2) is 17.2 Å². The molecule has 0 saturated carbocycles. The summed E-state index contributed by atoms with van der Waals surface area (Å²) in [6.45, 7) is 1.64. The Morgan fingerprint density at radius 1 is 1.00 bits per heavy atom. The lowest BCUT2D eigenvalue weighted by Gasteiger charge is -2.36. The van der Waals surface area contributed by atoms with Gasteiger partial charge in [-0.3, -0.25) is 5.01 Å². The summed E-state index contributed by atoms with van der Waals surface area (Å²) in [7, 11) is 0. The van der Waals surface area contributed by atoms with Crippen molar-refractivity contribution in [3.8, 4) is 22.8 Å². The number of nitrogens with two attached hydrogens (primary N) is 1. The van der Waals surface area contributed by atoms with Gasteiger partial charge in [-0.15, -0.1) is 0 Å². The summed E-state index contributed by atoms with van der Waals surface area (Å²) in [5, 5.41) is 9.76. The minimum absolute atomic E-state index is 0.110. The summed E-state index contributed by atoms with van der Waals surface area (Å²) in [6.07, 6.45) is 12.5. The lowest BCUT2D eigenvalue weighted by molar-refractivity contribution is 0.0520. The number of anilines is 1. The van der Waals surface area contributed by atoms with Crippen molar-refractivity contribution in [2.24, 2.45) is 4.99 Å². The van der Waals surface area contributed by atoms with Crippen molar-refractivity contribution in [1.29, 1.82) is 0 Å². The molecule has 0 aliphatic carbocycles. The SMILES string of the molecule is Nc1ncnc2c1c(-c1ccc(Oc3ccccc3)c(F)c1)nn2C1CCN(N2C=CC=CN=C2)CC1. The largest absolute Gasteiger partial charge is 0.454 e. The first kappa shape index (κ1) is 22.9. The van der Waals surface area contributed by atoms with Gasteiger partial charge in [0.25, 0.3) is 0 Å². The van der Waals surface area contributed by atoms with E-state index in [-0.39, 0.29) is 11.8 Å². The van der Waals surface area contributed by atoms with Crippen molar-refractivity contribution in [2.75, 3.05) is 18.8 Å². The molecule has 186 valence electrons. The maximum atomic E-state index is 15.1. The van der Waals surface area contributed by atoms with Crippen LogP contribution in [-0.4, -0.2) is 49.2 Å². The average molecular weight is 497 g/mol. The maximum Gasteiger partial charge on any atom is 0.166 e. The number of hydrogen-bond acceptors (Lipinski definition) is 8. The molecule has 0 unspecified atom stereocenters. The van der Waals surface area contributed by atoms with Gasteiger partial charge in [0.05, 0.1) is 11.4 Å². The van der Waals surface area contributed by atoms with Crippen LogP contribution in [0.1, 0.15) is 18.9 Å². The number of nitrogen functional groups attached to an aromatic ring is 1. The van der Waals surface area contributed by atoms with Crippen molar-refractivity contribution in [1.82, 2.24) is 29.8 Å². The quantitative estimate of drug-likeness (QED) is 0.418. The van der Waals surface area contributed by atoms with Gasteiger partial charge in [-0.25, -0.2) is 29.0 Å². The van der Waals surface area contributed by atoms with E-state index in [4.69, 9.17) is 15.6 Å². The van der Waals surface area contributed by atoms with Gasteiger partial charge in [-0.05, 0) is 55.3 Å². The molecule has 37 heavy (non-hydrogen) atoms. The Morgan fingerprint density at radius 2 is 1.84 bits per heavy atom. The van der Waals surface area contributed by atoms with Crippen LogP contribution in [0.2, 0.25) is 0 Å². The smallest absolute Gasteiger partial charge is 0.166 e. The van der Waals surface area contributed by atoms with E-state index in [1.165, 1.54) is 12.4 Å². The molecule has 1 fully saturated rings. The second-order valence-electron chi connectivity index (χ2n) is 8.82. The number of hydrazine groups is 1. The molecule has 0 amide bonds. The lowest BCUT2D eigenvalue weighted by Crippen LogP contribution is -2.44. The third-order valence-corrected chi connectivity index (χ3v) is 6.51. The van der Waals surface area contributed by atoms with Gasteiger partial charge < -0.3 is 10.5 Å². The molecule has 0 radical (unpaired) electrons. The van der Waals surface area contributed by atoms with Gasteiger partial charge in [-0.1, -0.05) is 18.2 Å². The van der Waals surface area contributed by atoms with Crippen LogP contribution in [0.25, 0.3) is 22.3 Å². The Kier molecular flexibility index (Phi) is 6.07. The Morgan fingerprint density at radius 3 is 2.65 bits per heavy atom. The van der Waals surface area contributed by atoms with Crippen LogP contribution in [-0.2, 0) is 0 Å². The van der Waals surface area contributed by atoms with E-state index < -0.39 is 5.82 Å². The zero-order valence-corrected chi connectivity index (χ0v) is 20.0. The van der Waals surface area contributed by atoms with E-state index in [0.29, 0.717) is 33.9 Å². The van der Waals surface area contributed by atoms with E-state index in [1.54, 1.807) is 36.8 Å². The van der Waals surface area contributed by atoms with Crippen LogP contribution in [0.4, 0.5) is 10.2 Å². The van der Waals surface area contributed by atoms with Crippen molar-refractivity contribution < 1.29 is 9.13 Å². The number of hydrogen-bond donors (Lipinski definition) is 1. The molecule has 2 aromatic heterocycles. The first-order valence-corrected chi connectivity index (χ1v) is 12.1. The van der Waals surface area contributed by atoms with Crippen LogP contribution in [0, 0.1) is 5.82 Å². The van der Waals surface area contributed by atoms with E-state index in [1.807, 2.05) is 46.2 Å². The number of piperidine rings is 1. The number of nitrogens with zero attached hydrogens (tertiary/aromatic N) is 7. The molecule has 0 spiro atoms. The molecular formula is C27H25FN8O. The summed E-state index contributed by atoms with van der Waals surface area (Å²) >= 11 is 0. The zero-order valence-electron chi connectivity index (χ0n) is 20.0. The van der Waals surface area contributed by atoms with E-state index >= 15 is 4.39 Å². The van der Waals surface area contributed by atoms with Gasteiger partial charge in [0.2, 0.25) is 0 Å². The van der Waals surface area contributed by atoms with Crippen molar-refractivity contribution >= 4 is 23.2 Å². The summed E-state index contributed by atoms with van der Waals surface area (Å²) in [4.78, 5) is 12.9. The molecule has 10 heteroatoms. The molecule has 2 N–H and O–H groups in total. The Labute approximate surface area is 213 Å². The highest BCUT2D eigenvalue weighted by Crippen LogP contribution is 2.36. The minimum atomic E-state index is -0.491. The summed E-state index contributed by atoms with van der Waals surface area (Å²) in [6, 6.07) is 14.0. The minimum Gasteiger partial charge on any atom is -0.454 e. The topological polar surface area (TPSA) is 97.7 Å². The molecular weight excluding hydrogens is 471 g/mol. The first-order chi connectivity index (χ1) is 18.2. The van der Waals surface area contributed by atoms with Crippen molar-refractivity contribution in [3.05, 3.63) is 85.2 Å². The molecule has 6 rings (SSSR count). The zero-order chi connectivity index (χ0) is 25.2. The number of para-hydroxylation sites is 1. The standard InChI is InChI=1S/C27H25FN8O/c28-22-16-19(8-9-23(22)37-21-6-2-1-3-7-21)25-24-26(29)31-17-32-27(24)36(33-25)20-10-14-34(15-11-20)35-13-5-4-12-30-18-35/h1-9,12-13,16-18,20H,10-11,14-15H2,(H2,29,31,32). The molecule has 0 bridgehead atoms. The number of aliphatic imine (C=N–C) groups is 1. The molecule has 2 aromatic carbocycles. The normalized spacial score (nSPS) is 16.4. The van der Waals surface area contributed by atoms with E-state index in [0.717, 1.165) is 25.9 Å². The van der Waals surface area contributed by atoms with Gasteiger partial charge in [-0.2, -0.15) is 5.10 Å². The van der Waals surface area contributed by atoms with Crippen LogP contribution in [0.5, 0.6) is 11.5 Å². The summed E-state index contributed by atoms with van der Waals surface area (Å²) < 4.78 is 22.7. The monoisotopic (exact) mass is 496 g/mol. The van der Waals surface area contributed by atoms with Gasteiger partial charge >= 0.3 is 0 Å². The Hall–Kier alpha value is -4.57. The molecule has 4 heterocycles. The highest BCUT2D eigenvalue weighted by Gasteiger charge is 2.27. The Bertz CT molecular complexity index is 1490. The number of ether oxygens (including phenoxy) is 1. The molecule has 1 saturated heterocycles. The van der Waals surface area contributed by atoms with Gasteiger partial charge in [0, 0.05) is 31.1 Å². The lowest BCUT2D eigenvalue weighted by atomic mass is 10.1. The second kappa shape index (κ2) is 9.82. The fraction of sp³-hybridized carbons (Fsp3) is 0.185. The fourth-order valence-corrected chi connectivity index (χ4v) is 4.68. The number of benzene rings is 2. The molecule has 9 nitrogen and oxygen atoms in total. The summed E-state index contributed by atoms with van der Waals surface area (Å²) in [5.74, 6) is 0.518. The highest BCUT2D eigenvalue weighted by molar-refractivity contribution is 5.98. The number of halogens is 1. The number of aromatic nitrogens is 4.